The Hall–Kier alpha value is -1.95. The molecular formula is C17H21ClN4O. The van der Waals surface area contributed by atoms with E-state index in [1.165, 1.54) is 11.1 Å². The van der Waals surface area contributed by atoms with Crippen molar-refractivity contribution in [1.29, 1.82) is 0 Å². The van der Waals surface area contributed by atoms with Gasteiger partial charge in [0, 0.05) is 50.2 Å². The standard InChI is InChI=1S/C17H20N4O.ClH/c18-17(22)15-3-1-13(2-4-15)12-21-10-9-20-11-16(21)14-5-7-19-8-6-14;/h1-8,16,20H,9-12H2,(H2,18,22);1H. The minimum Gasteiger partial charge on any atom is -0.366 e. The molecule has 3 rings (SSSR count). The third kappa shape index (κ3) is 4.28. The maximum Gasteiger partial charge on any atom is 0.248 e. The number of amides is 1. The van der Waals surface area contributed by atoms with Gasteiger partial charge in [0.2, 0.25) is 5.91 Å². The smallest absolute Gasteiger partial charge is 0.248 e. The number of hydrogen-bond acceptors (Lipinski definition) is 4. The quantitative estimate of drug-likeness (QED) is 0.894. The Kier molecular flexibility index (Phi) is 6.10. The summed E-state index contributed by atoms with van der Waals surface area (Å²) in [7, 11) is 0. The van der Waals surface area contributed by atoms with Crippen molar-refractivity contribution in [2.75, 3.05) is 19.6 Å². The van der Waals surface area contributed by atoms with Crippen LogP contribution in [0.25, 0.3) is 0 Å². The fourth-order valence-electron chi connectivity index (χ4n) is 2.86. The van der Waals surface area contributed by atoms with E-state index in [9.17, 15) is 4.79 Å². The molecule has 1 aliphatic heterocycles. The first-order chi connectivity index (χ1) is 10.7. The molecule has 1 aromatic carbocycles. The Morgan fingerprint density at radius 2 is 1.91 bits per heavy atom. The van der Waals surface area contributed by atoms with E-state index >= 15 is 0 Å². The molecule has 0 saturated carbocycles. The maximum atomic E-state index is 11.1. The Bertz CT molecular complexity index is 633. The van der Waals surface area contributed by atoms with Gasteiger partial charge in [-0.05, 0) is 35.4 Å². The van der Waals surface area contributed by atoms with Crippen molar-refractivity contribution < 1.29 is 4.79 Å². The number of pyridine rings is 1. The number of aromatic nitrogens is 1. The molecule has 1 unspecified atom stereocenters. The van der Waals surface area contributed by atoms with Crippen LogP contribution in [-0.4, -0.2) is 35.4 Å². The van der Waals surface area contributed by atoms with Crippen molar-refractivity contribution in [2.24, 2.45) is 5.73 Å². The first-order valence-corrected chi connectivity index (χ1v) is 7.47. The third-order valence-corrected chi connectivity index (χ3v) is 4.07. The molecule has 0 radical (unpaired) electrons. The molecule has 1 fully saturated rings. The molecule has 2 aromatic rings. The molecule has 1 aromatic heterocycles. The van der Waals surface area contributed by atoms with Gasteiger partial charge in [0.15, 0.2) is 0 Å². The number of nitrogens with one attached hydrogen (secondary N) is 1. The average molecular weight is 333 g/mol. The lowest BCUT2D eigenvalue weighted by Crippen LogP contribution is -2.45. The van der Waals surface area contributed by atoms with E-state index in [1.807, 2.05) is 24.5 Å². The number of halogens is 1. The maximum absolute atomic E-state index is 11.1. The summed E-state index contributed by atoms with van der Waals surface area (Å²) < 4.78 is 0. The van der Waals surface area contributed by atoms with Crippen LogP contribution in [0, 0.1) is 0 Å². The topological polar surface area (TPSA) is 71.2 Å². The zero-order valence-electron chi connectivity index (χ0n) is 12.8. The fraction of sp³-hybridized carbons (Fsp3) is 0.294. The van der Waals surface area contributed by atoms with Crippen LogP contribution in [0.2, 0.25) is 0 Å². The Morgan fingerprint density at radius 3 is 2.57 bits per heavy atom. The number of nitrogens with two attached hydrogens (primary N) is 1. The monoisotopic (exact) mass is 332 g/mol. The molecule has 0 bridgehead atoms. The van der Waals surface area contributed by atoms with Crippen molar-refractivity contribution in [3.63, 3.8) is 0 Å². The van der Waals surface area contributed by atoms with Gasteiger partial charge in [-0.3, -0.25) is 14.7 Å². The van der Waals surface area contributed by atoms with E-state index in [0.29, 0.717) is 11.6 Å². The highest BCUT2D eigenvalue weighted by Gasteiger charge is 2.23. The van der Waals surface area contributed by atoms with Crippen LogP contribution < -0.4 is 11.1 Å². The predicted octanol–water partition coefficient (Wildman–Crippen LogP) is 1.75. The molecule has 6 heteroatoms. The van der Waals surface area contributed by atoms with Crippen LogP contribution in [0.1, 0.15) is 27.5 Å². The molecule has 0 aliphatic carbocycles. The van der Waals surface area contributed by atoms with Gasteiger partial charge in [-0.1, -0.05) is 12.1 Å². The summed E-state index contributed by atoms with van der Waals surface area (Å²) in [5.41, 5.74) is 8.29. The fourth-order valence-corrected chi connectivity index (χ4v) is 2.86. The number of primary amides is 1. The molecule has 1 aliphatic rings. The summed E-state index contributed by atoms with van der Waals surface area (Å²) in [6.45, 7) is 3.77. The molecule has 1 amide bonds. The Labute approximate surface area is 142 Å². The Balaban J connectivity index is 0.00000192. The summed E-state index contributed by atoms with van der Waals surface area (Å²) in [6.07, 6.45) is 3.67. The highest BCUT2D eigenvalue weighted by molar-refractivity contribution is 5.92. The van der Waals surface area contributed by atoms with Gasteiger partial charge in [0.25, 0.3) is 0 Å². The number of benzene rings is 1. The first kappa shape index (κ1) is 17.4. The van der Waals surface area contributed by atoms with Gasteiger partial charge in [-0.25, -0.2) is 0 Å². The SMILES string of the molecule is Cl.NC(=O)c1ccc(CN2CCNCC2c2ccncc2)cc1. The number of piperazine rings is 1. The lowest BCUT2D eigenvalue weighted by molar-refractivity contribution is 0.1000. The zero-order valence-corrected chi connectivity index (χ0v) is 13.6. The van der Waals surface area contributed by atoms with Gasteiger partial charge in [-0.15, -0.1) is 12.4 Å². The van der Waals surface area contributed by atoms with Crippen LogP contribution in [-0.2, 0) is 6.54 Å². The van der Waals surface area contributed by atoms with Crippen molar-refractivity contribution in [2.45, 2.75) is 12.6 Å². The van der Waals surface area contributed by atoms with Crippen LogP contribution in [0.5, 0.6) is 0 Å². The molecule has 3 N–H and O–H groups in total. The molecule has 2 heterocycles. The van der Waals surface area contributed by atoms with Crippen LogP contribution in [0.3, 0.4) is 0 Å². The average Bonchev–Trinajstić information content (AvgIpc) is 2.57. The van der Waals surface area contributed by atoms with Gasteiger partial charge in [-0.2, -0.15) is 0 Å². The van der Waals surface area contributed by atoms with E-state index in [1.54, 1.807) is 12.1 Å². The molecular weight excluding hydrogens is 312 g/mol. The highest BCUT2D eigenvalue weighted by atomic mass is 35.5. The van der Waals surface area contributed by atoms with E-state index in [0.717, 1.165) is 26.2 Å². The van der Waals surface area contributed by atoms with Gasteiger partial charge < -0.3 is 11.1 Å². The van der Waals surface area contributed by atoms with E-state index in [2.05, 4.69) is 27.3 Å². The number of carbonyl (C=O) groups excluding carboxylic acids is 1. The third-order valence-electron chi connectivity index (χ3n) is 4.07. The molecule has 1 atom stereocenters. The lowest BCUT2D eigenvalue weighted by Gasteiger charge is -2.36. The van der Waals surface area contributed by atoms with E-state index < -0.39 is 0 Å². The summed E-state index contributed by atoms with van der Waals surface area (Å²) >= 11 is 0. The lowest BCUT2D eigenvalue weighted by atomic mass is 10.0. The second-order valence-electron chi connectivity index (χ2n) is 5.53. The molecule has 5 nitrogen and oxygen atoms in total. The summed E-state index contributed by atoms with van der Waals surface area (Å²) in [5, 5.41) is 3.45. The summed E-state index contributed by atoms with van der Waals surface area (Å²) in [5.74, 6) is -0.386. The molecule has 122 valence electrons. The number of rotatable bonds is 4. The van der Waals surface area contributed by atoms with Crippen LogP contribution in [0.15, 0.2) is 48.8 Å². The predicted molar refractivity (Wildman–Crippen MR) is 92.5 cm³/mol. The van der Waals surface area contributed by atoms with Crippen molar-refractivity contribution in [3.05, 3.63) is 65.5 Å². The van der Waals surface area contributed by atoms with Gasteiger partial charge in [0.1, 0.15) is 0 Å². The Morgan fingerprint density at radius 1 is 1.22 bits per heavy atom. The second kappa shape index (κ2) is 8.06. The minimum atomic E-state index is -0.386. The van der Waals surface area contributed by atoms with Crippen molar-refractivity contribution in [1.82, 2.24) is 15.2 Å². The summed E-state index contributed by atoms with van der Waals surface area (Å²) in [4.78, 5) is 17.7. The molecule has 23 heavy (non-hydrogen) atoms. The number of nitrogens with zero attached hydrogens (tertiary/aromatic N) is 2. The normalized spacial score (nSPS) is 18.2. The van der Waals surface area contributed by atoms with Crippen molar-refractivity contribution in [3.8, 4) is 0 Å². The van der Waals surface area contributed by atoms with E-state index in [-0.39, 0.29) is 18.3 Å². The number of hydrogen-bond donors (Lipinski definition) is 2. The van der Waals surface area contributed by atoms with Gasteiger partial charge in [0.05, 0.1) is 0 Å². The van der Waals surface area contributed by atoms with E-state index in [4.69, 9.17) is 5.73 Å². The minimum absolute atomic E-state index is 0. The van der Waals surface area contributed by atoms with Gasteiger partial charge >= 0.3 is 0 Å². The summed E-state index contributed by atoms with van der Waals surface area (Å²) in [6, 6.07) is 12.0. The second-order valence-corrected chi connectivity index (χ2v) is 5.53. The highest BCUT2D eigenvalue weighted by Crippen LogP contribution is 2.23. The zero-order chi connectivity index (χ0) is 15.4. The molecule has 0 spiro atoms. The van der Waals surface area contributed by atoms with Crippen LogP contribution in [0.4, 0.5) is 0 Å². The first-order valence-electron chi connectivity index (χ1n) is 7.47. The largest absolute Gasteiger partial charge is 0.366 e. The van der Waals surface area contributed by atoms with Crippen LogP contribution >= 0.6 is 12.4 Å². The van der Waals surface area contributed by atoms with Crippen molar-refractivity contribution >= 4 is 18.3 Å². The number of carbonyl (C=O) groups is 1. The molecule has 1 saturated heterocycles.